The highest BCUT2D eigenvalue weighted by atomic mass is 16.6. The first-order valence-electron chi connectivity index (χ1n) is 4.70. The van der Waals surface area contributed by atoms with Crippen molar-refractivity contribution in [2.75, 3.05) is 0 Å². The molecule has 0 aliphatic heterocycles. The Hall–Kier alpha value is -1.26. The third-order valence-electron chi connectivity index (χ3n) is 1.78. The molecule has 82 valence electrons. The molecule has 1 aliphatic carbocycles. The molecule has 0 saturated heterocycles. The van der Waals surface area contributed by atoms with Gasteiger partial charge in [-0.3, -0.25) is 4.79 Å². The molecule has 0 aromatic rings. The number of carboxylic acid groups (broad SMARTS) is 1. The molecule has 3 N–H and O–H groups in total. The van der Waals surface area contributed by atoms with Crippen LogP contribution in [-0.2, 0) is 9.53 Å². The summed E-state index contributed by atoms with van der Waals surface area (Å²) in [6, 6.07) is 0. The Bertz CT molecular complexity index is 169. The van der Waals surface area contributed by atoms with E-state index in [4.69, 9.17) is 5.11 Å². The number of carbonyl (C=O) groups excluding carboxylic acids is 1. The SMILES string of the molecule is C1CCC1.CC(CC(=O)O)OC(N)=O. The van der Waals surface area contributed by atoms with Crippen molar-refractivity contribution in [3.63, 3.8) is 0 Å². The maximum atomic E-state index is 10.00. The van der Waals surface area contributed by atoms with Gasteiger partial charge in [-0.25, -0.2) is 4.79 Å². The fourth-order valence-corrected chi connectivity index (χ4v) is 0.736. The molecule has 0 bridgehead atoms. The molecule has 1 fully saturated rings. The van der Waals surface area contributed by atoms with E-state index in [0.717, 1.165) is 0 Å². The second-order valence-electron chi connectivity index (χ2n) is 3.26. The van der Waals surface area contributed by atoms with Crippen LogP contribution < -0.4 is 5.73 Å². The van der Waals surface area contributed by atoms with Gasteiger partial charge in [0.05, 0.1) is 6.42 Å². The van der Waals surface area contributed by atoms with Crippen molar-refractivity contribution < 1.29 is 19.4 Å². The molecular weight excluding hydrogens is 186 g/mol. The van der Waals surface area contributed by atoms with Gasteiger partial charge in [0.1, 0.15) is 6.10 Å². The van der Waals surface area contributed by atoms with Crippen LogP contribution in [0.4, 0.5) is 4.79 Å². The average Bonchev–Trinajstić information content (AvgIpc) is 1.76. The highest BCUT2D eigenvalue weighted by Gasteiger charge is 2.09. The number of carbonyl (C=O) groups is 2. The van der Waals surface area contributed by atoms with Gasteiger partial charge in [0, 0.05) is 0 Å². The molecule has 1 saturated carbocycles. The van der Waals surface area contributed by atoms with Crippen molar-refractivity contribution >= 4 is 12.1 Å². The molecule has 1 atom stereocenters. The van der Waals surface area contributed by atoms with Gasteiger partial charge in [-0.15, -0.1) is 0 Å². The Morgan fingerprint density at radius 1 is 1.36 bits per heavy atom. The highest BCUT2D eigenvalue weighted by Crippen LogP contribution is 2.15. The fourth-order valence-electron chi connectivity index (χ4n) is 0.736. The van der Waals surface area contributed by atoms with Crippen LogP contribution in [0, 0.1) is 0 Å². The smallest absolute Gasteiger partial charge is 0.404 e. The largest absolute Gasteiger partial charge is 0.481 e. The van der Waals surface area contributed by atoms with Crippen molar-refractivity contribution in [3.8, 4) is 0 Å². The van der Waals surface area contributed by atoms with Crippen LogP contribution in [0.5, 0.6) is 0 Å². The normalized spacial score (nSPS) is 15.5. The number of carboxylic acids is 1. The average molecular weight is 203 g/mol. The first-order chi connectivity index (χ1) is 6.52. The Kier molecular flexibility index (Phi) is 6.53. The molecule has 5 nitrogen and oxygen atoms in total. The molecule has 0 spiro atoms. The standard InChI is InChI=1S/C5H9NO4.C4H8/c1-3(2-4(7)8)10-5(6)9;1-2-4-3-1/h3H,2H2,1H3,(H2,6,9)(H,7,8);1-4H2. The molecule has 1 amide bonds. The number of aliphatic carboxylic acids is 1. The van der Waals surface area contributed by atoms with Crippen molar-refractivity contribution in [3.05, 3.63) is 0 Å². The maximum Gasteiger partial charge on any atom is 0.404 e. The quantitative estimate of drug-likeness (QED) is 0.727. The van der Waals surface area contributed by atoms with Crippen LogP contribution in [0.25, 0.3) is 0 Å². The van der Waals surface area contributed by atoms with E-state index in [-0.39, 0.29) is 6.42 Å². The van der Waals surface area contributed by atoms with E-state index in [9.17, 15) is 9.59 Å². The van der Waals surface area contributed by atoms with E-state index in [1.807, 2.05) is 0 Å². The van der Waals surface area contributed by atoms with Gasteiger partial charge in [-0.1, -0.05) is 25.7 Å². The summed E-state index contributed by atoms with van der Waals surface area (Å²) in [5, 5.41) is 8.16. The molecule has 1 rings (SSSR count). The Morgan fingerprint density at radius 3 is 2.00 bits per heavy atom. The minimum atomic E-state index is -1.02. The second kappa shape index (κ2) is 7.17. The molecule has 0 aromatic carbocycles. The first kappa shape index (κ1) is 12.7. The predicted molar refractivity (Wildman–Crippen MR) is 50.9 cm³/mol. The van der Waals surface area contributed by atoms with E-state index in [1.54, 1.807) is 0 Å². The topological polar surface area (TPSA) is 89.6 Å². The Morgan fingerprint density at radius 2 is 1.79 bits per heavy atom. The summed E-state index contributed by atoms with van der Waals surface area (Å²) in [6.45, 7) is 1.46. The lowest BCUT2D eigenvalue weighted by atomic mass is 10.0. The van der Waals surface area contributed by atoms with Crippen molar-refractivity contribution in [1.29, 1.82) is 0 Å². The third kappa shape index (κ3) is 8.83. The van der Waals surface area contributed by atoms with Gasteiger partial charge >= 0.3 is 12.1 Å². The first-order valence-corrected chi connectivity index (χ1v) is 4.70. The number of primary amides is 1. The molecule has 0 radical (unpaired) electrons. The molecule has 0 heterocycles. The molecule has 14 heavy (non-hydrogen) atoms. The third-order valence-corrected chi connectivity index (χ3v) is 1.78. The Labute approximate surface area is 83.2 Å². The lowest BCUT2D eigenvalue weighted by molar-refractivity contribution is -0.138. The number of amides is 1. The lowest BCUT2D eigenvalue weighted by Crippen LogP contribution is -2.22. The lowest BCUT2D eigenvalue weighted by Gasteiger charge is -2.06. The predicted octanol–water partition coefficient (Wildman–Crippen LogP) is 1.51. The van der Waals surface area contributed by atoms with Crippen molar-refractivity contribution in [2.24, 2.45) is 5.73 Å². The summed E-state index contributed by atoms with van der Waals surface area (Å²) in [5.74, 6) is -1.02. The monoisotopic (exact) mass is 203 g/mol. The zero-order chi connectivity index (χ0) is 11.0. The molecule has 5 heteroatoms. The van der Waals surface area contributed by atoms with Crippen LogP contribution in [0.2, 0.25) is 0 Å². The Balaban J connectivity index is 0.000000344. The van der Waals surface area contributed by atoms with Crippen LogP contribution >= 0.6 is 0 Å². The summed E-state index contributed by atoms with van der Waals surface area (Å²) >= 11 is 0. The van der Waals surface area contributed by atoms with E-state index in [1.165, 1.54) is 32.6 Å². The zero-order valence-electron chi connectivity index (χ0n) is 8.36. The number of hydrogen-bond donors (Lipinski definition) is 2. The van der Waals surface area contributed by atoms with Crippen molar-refractivity contribution in [1.82, 2.24) is 0 Å². The van der Waals surface area contributed by atoms with Gasteiger partial charge < -0.3 is 15.6 Å². The van der Waals surface area contributed by atoms with Crippen LogP contribution in [0.3, 0.4) is 0 Å². The number of ether oxygens (including phenoxy) is 1. The summed E-state index contributed by atoms with van der Waals surface area (Å²) < 4.78 is 4.32. The molecule has 0 aromatic heterocycles. The van der Waals surface area contributed by atoms with E-state index in [0.29, 0.717) is 0 Å². The van der Waals surface area contributed by atoms with Gasteiger partial charge in [0.25, 0.3) is 0 Å². The minimum absolute atomic E-state index is 0.219. The number of rotatable bonds is 3. The molecular formula is C9H17NO4. The van der Waals surface area contributed by atoms with Crippen LogP contribution in [-0.4, -0.2) is 23.3 Å². The van der Waals surface area contributed by atoms with Crippen molar-refractivity contribution in [2.45, 2.75) is 45.1 Å². The highest BCUT2D eigenvalue weighted by molar-refractivity contribution is 5.69. The zero-order valence-corrected chi connectivity index (χ0v) is 8.36. The minimum Gasteiger partial charge on any atom is -0.481 e. The molecule has 1 aliphatic rings. The number of nitrogens with two attached hydrogens (primary N) is 1. The summed E-state index contributed by atoms with van der Waals surface area (Å²) in [7, 11) is 0. The van der Waals surface area contributed by atoms with E-state index >= 15 is 0 Å². The van der Waals surface area contributed by atoms with E-state index in [2.05, 4.69) is 10.5 Å². The summed E-state index contributed by atoms with van der Waals surface area (Å²) in [5.41, 5.74) is 4.61. The van der Waals surface area contributed by atoms with Gasteiger partial charge in [-0.2, -0.15) is 0 Å². The molecule has 1 unspecified atom stereocenters. The summed E-state index contributed by atoms with van der Waals surface area (Å²) in [6.07, 6.45) is 4.17. The van der Waals surface area contributed by atoms with E-state index < -0.39 is 18.2 Å². The fraction of sp³-hybridized carbons (Fsp3) is 0.778. The second-order valence-corrected chi connectivity index (χ2v) is 3.26. The van der Waals surface area contributed by atoms with Crippen LogP contribution in [0.1, 0.15) is 39.0 Å². The maximum absolute atomic E-state index is 10.00. The van der Waals surface area contributed by atoms with Gasteiger partial charge in [0.15, 0.2) is 0 Å². The van der Waals surface area contributed by atoms with Gasteiger partial charge in [-0.05, 0) is 6.92 Å². The van der Waals surface area contributed by atoms with Crippen LogP contribution in [0.15, 0.2) is 0 Å². The van der Waals surface area contributed by atoms with Gasteiger partial charge in [0.2, 0.25) is 0 Å². The summed E-state index contributed by atoms with van der Waals surface area (Å²) in [4.78, 5) is 20.0. The number of hydrogen-bond acceptors (Lipinski definition) is 3.